The van der Waals surface area contributed by atoms with Crippen LogP contribution in [0.3, 0.4) is 0 Å². The van der Waals surface area contributed by atoms with Gasteiger partial charge >= 0.3 is 0 Å². The van der Waals surface area contributed by atoms with Gasteiger partial charge in [-0.1, -0.05) is 42.0 Å². The number of anilines is 1. The highest BCUT2D eigenvalue weighted by molar-refractivity contribution is 7.80. The molecule has 0 amide bonds. The van der Waals surface area contributed by atoms with E-state index in [1.165, 1.54) is 11.1 Å². The summed E-state index contributed by atoms with van der Waals surface area (Å²) < 4.78 is 16.1. The molecule has 162 valence electrons. The van der Waals surface area contributed by atoms with E-state index < -0.39 is 0 Å². The van der Waals surface area contributed by atoms with Gasteiger partial charge in [-0.2, -0.15) is 0 Å². The van der Waals surface area contributed by atoms with Crippen molar-refractivity contribution in [1.82, 2.24) is 4.90 Å². The number of benzene rings is 3. The van der Waals surface area contributed by atoms with Crippen molar-refractivity contribution in [2.24, 2.45) is 0 Å². The second-order valence-corrected chi connectivity index (χ2v) is 7.57. The maximum atomic E-state index is 5.80. The second-order valence-electron chi connectivity index (χ2n) is 7.19. The minimum Gasteiger partial charge on any atom is -0.497 e. The van der Waals surface area contributed by atoms with Gasteiger partial charge in [0.1, 0.15) is 17.2 Å². The molecule has 0 unspecified atom stereocenters. The lowest BCUT2D eigenvalue weighted by Gasteiger charge is -2.27. The van der Waals surface area contributed by atoms with Crippen LogP contribution >= 0.6 is 12.2 Å². The molecule has 31 heavy (non-hydrogen) atoms. The van der Waals surface area contributed by atoms with Gasteiger partial charge in [-0.05, 0) is 54.5 Å². The molecule has 0 atom stereocenters. The SMILES string of the molecule is COc1ccc(CN(Cc2ccc(C)cc2)C(=S)Nc2ccc(OC)cc2OC)cc1. The summed E-state index contributed by atoms with van der Waals surface area (Å²) >= 11 is 5.80. The number of aryl methyl sites for hydroxylation is 1. The van der Waals surface area contributed by atoms with E-state index in [1.807, 2.05) is 30.3 Å². The van der Waals surface area contributed by atoms with Crippen LogP contribution in [0.5, 0.6) is 17.2 Å². The molecule has 0 aromatic heterocycles. The predicted molar refractivity (Wildman–Crippen MR) is 129 cm³/mol. The van der Waals surface area contributed by atoms with E-state index in [0.29, 0.717) is 24.0 Å². The van der Waals surface area contributed by atoms with E-state index in [-0.39, 0.29) is 0 Å². The average Bonchev–Trinajstić information content (AvgIpc) is 2.80. The molecule has 1 N–H and O–H groups in total. The molecular formula is C25H28N2O3S. The van der Waals surface area contributed by atoms with E-state index in [2.05, 4.69) is 53.5 Å². The average molecular weight is 437 g/mol. The molecule has 3 aromatic carbocycles. The predicted octanol–water partition coefficient (Wildman–Crippen LogP) is 5.42. The maximum Gasteiger partial charge on any atom is 0.174 e. The second kappa shape index (κ2) is 10.7. The van der Waals surface area contributed by atoms with E-state index >= 15 is 0 Å². The fourth-order valence-electron chi connectivity index (χ4n) is 3.16. The molecule has 0 aliphatic carbocycles. The lowest BCUT2D eigenvalue weighted by atomic mass is 10.1. The van der Waals surface area contributed by atoms with E-state index in [0.717, 1.165) is 22.7 Å². The molecule has 0 saturated heterocycles. The highest BCUT2D eigenvalue weighted by Crippen LogP contribution is 2.29. The zero-order valence-corrected chi connectivity index (χ0v) is 19.2. The van der Waals surface area contributed by atoms with Gasteiger partial charge in [0.25, 0.3) is 0 Å². The molecule has 0 heterocycles. The van der Waals surface area contributed by atoms with Crippen molar-refractivity contribution >= 4 is 23.0 Å². The van der Waals surface area contributed by atoms with Gasteiger partial charge in [0, 0.05) is 19.2 Å². The monoisotopic (exact) mass is 436 g/mol. The molecule has 0 fully saturated rings. The largest absolute Gasteiger partial charge is 0.497 e. The Morgan fingerprint density at radius 1 is 0.774 bits per heavy atom. The first-order valence-electron chi connectivity index (χ1n) is 9.99. The van der Waals surface area contributed by atoms with Crippen molar-refractivity contribution in [3.05, 3.63) is 83.4 Å². The fraction of sp³-hybridized carbons (Fsp3) is 0.240. The topological polar surface area (TPSA) is 43.0 Å². The highest BCUT2D eigenvalue weighted by atomic mass is 32.1. The molecule has 5 nitrogen and oxygen atoms in total. The molecule has 0 radical (unpaired) electrons. The Bertz CT molecular complexity index is 1000. The Hall–Kier alpha value is -3.25. The van der Waals surface area contributed by atoms with E-state index in [4.69, 9.17) is 26.4 Å². The van der Waals surface area contributed by atoms with Crippen LogP contribution in [0.1, 0.15) is 16.7 Å². The zero-order chi connectivity index (χ0) is 22.2. The molecule has 0 aliphatic rings. The van der Waals surface area contributed by atoms with Crippen LogP contribution in [-0.4, -0.2) is 31.3 Å². The Morgan fingerprint density at radius 2 is 1.32 bits per heavy atom. The van der Waals surface area contributed by atoms with E-state index in [9.17, 15) is 0 Å². The lowest BCUT2D eigenvalue weighted by Crippen LogP contribution is -2.34. The Morgan fingerprint density at radius 3 is 1.87 bits per heavy atom. The van der Waals surface area contributed by atoms with Gasteiger partial charge in [-0.15, -0.1) is 0 Å². The van der Waals surface area contributed by atoms with E-state index in [1.54, 1.807) is 21.3 Å². The Kier molecular flexibility index (Phi) is 7.73. The van der Waals surface area contributed by atoms with Crippen molar-refractivity contribution in [2.45, 2.75) is 20.0 Å². The first-order valence-corrected chi connectivity index (χ1v) is 10.4. The number of methoxy groups -OCH3 is 3. The number of nitrogens with zero attached hydrogens (tertiary/aromatic N) is 1. The molecule has 6 heteroatoms. The van der Waals surface area contributed by atoms with Gasteiger partial charge in [-0.3, -0.25) is 0 Å². The number of thiocarbonyl (C=S) groups is 1. The standard InChI is InChI=1S/C25H28N2O3S/c1-18-5-7-19(8-6-18)16-27(17-20-9-11-21(28-2)12-10-20)25(31)26-23-14-13-22(29-3)15-24(23)30-4/h5-15H,16-17H2,1-4H3,(H,26,31). The van der Waals surface area contributed by atoms with Crippen LogP contribution in [-0.2, 0) is 13.1 Å². The van der Waals surface area contributed by atoms with Crippen LogP contribution in [0, 0.1) is 6.92 Å². The molecule has 0 spiro atoms. The summed E-state index contributed by atoms with van der Waals surface area (Å²) in [6.45, 7) is 3.42. The van der Waals surface area contributed by atoms with Crippen molar-refractivity contribution in [3.63, 3.8) is 0 Å². The zero-order valence-electron chi connectivity index (χ0n) is 18.3. The Labute approximate surface area is 189 Å². The first kappa shape index (κ1) is 22.4. The molecule has 0 bridgehead atoms. The smallest absolute Gasteiger partial charge is 0.174 e. The summed E-state index contributed by atoms with van der Waals surface area (Å²) in [6, 6.07) is 22.1. The van der Waals surface area contributed by atoms with Crippen LogP contribution in [0.15, 0.2) is 66.7 Å². The van der Waals surface area contributed by atoms with Gasteiger partial charge in [0.15, 0.2) is 5.11 Å². The third-order valence-electron chi connectivity index (χ3n) is 4.96. The summed E-state index contributed by atoms with van der Waals surface area (Å²) in [5.74, 6) is 2.22. The number of hydrogen-bond acceptors (Lipinski definition) is 4. The third kappa shape index (κ3) is 6.12. The number of nitrogens with one attached hydrogen (secondary N) is 1. The number of rotatable bonds is 8. The minimum atomic E-state index is 0.611. The highest BCUT2D eigenvalue weighted by Gasteiger charge is 2.14. The number of hydrogen-bond donors (Lipinski definition) is 1. The summed E-state index contributed by atoms with van der Waals surface area (Å²) in [7, 11) is 4.93. The van der Waals surface area contributed by atoms with Crippen LogP contribution < -0.4 is 19.5 Å². The summed E-state index contributed by atoms with van der Waals surface area (Å²) in [5, 5.41) is 3.95. The van der Waals surface area contributed by atoms with Crippen LogP contribution in [0.2, 0.25) is 0 Å². The van der Waals surface area contributed by atoms with Crippen molar-refractivity contribution < 1.29 is 14.2 Å². The molecule has 3 aromatic rings. The van der Waals surface area contributed by atoms with Gasteiger partial charge in [0.05, 0.1) is 27.0 Å². The quantitative estimate of drug-likeness (QED) is 0.476. The van der Waals surface area contributed by atoms with Gasteiger partial charge in [0.2, 0.25) is 0 Å². The van der Waals surface area contributed by atoms with Crippen molar-refractivity contribution in [3.8, 4) is 17.2 Å². The van der Waals surface area contributed by atoms with Crippen LogP contribution in [0.4, 0.5) is 5.69 Å². The minimum absolute atomic E-state index is 0.611. The molecule has 3 rings (SSSR count). The Balaban J connectivity index is 1.83. The first-order chi connectivity index (χ1) is 15.0. The molecule has 0 saturated carbocycles. The van der Waals surface area contributed by atoms with Gasteiger partial charge < -0.3 is 24.4 Å². The van der Waals surface area contributed by atoms with Crippen LogP contribution in [0.25, 0.3) is 0 Å². The fourth-order valence-corrected chi connectivity index (χ4v) is 3.40. The summed E-state index contributed by atoms with van der Waals surface area (Å²) in [6.07, 6.45) is 0. The number of ether oxygens (including phenoxy) is 3. The van der Waals surface area contributed by atoms with Crippen molar-refractivity contribution in [1.29, 1.82) is 0 Å². The third-order valence-corrected chi connectivity index (χ3v) is 5.32. The summed E-state index contributed by atoms with van der Waals surface area (Å²) in [4.78, 5) is 2.13. The van der Waals surface area contributed by atoms with Crippen molar-refractivity contribution in [2.75, 3.05) is 26.6 Å². The molecular weight excluding hydrogens is 408 g/mol. The lowest BCUT2D eigenvalue weighted by molar-refractivity contribution is 0.394. The summed E-state index contributed by atoms with van der Waals surface area (Å²) in [5.41, 5.74) is 4.34. The normalized spacial score (nSPS) is 10.3. The maximum absolute atomic E-state index is 5.80. The molecule has 0 aliphatic heterocycles. The van der Waals surface area contributed by atoms with Gasteiger partial charge in [-0.25, -0.2) is 0 Å².